The van der Waals surface area contributed by atoms with Crippen molar-refractivity contribution in [3.63, 3.8) is 0 Å². The van der Waals surface area contributed by atoms with Gasteiger partial charge in [0.05, 0.1) is 11.4 Å². The zero-order valence-corrected chi connectivity index (χ0v) is 18.8. The molecule has 3 aromatic rings. The Bertz CT molecular complexity index is 1300. The van der Waals surface area contributed by atoms with Crippen molar-refractivity contribution >= 4 is 16.5 Å². The topological polar surface area (TPSA) is 48.7 Å². The van der Waals surface area contributed by atoms with Crippen molar-refractivity contribution in [3.05, 3.63) is 70.4 Å². The Morgan fingerprint density at radius 2 is 1.91 bits per heavy atom. The molecule has 2 aromatic carbocycles. The van der Waals surface area contributed by atoms with Crippen LogP contribution in [0.2, 0.25) is 0 Å². The number of nitrogens with zero attached hydrogens (tertiary/aromatic N) is 3. The van der Waals surface area contributed by atoms with E-state index in [0.29, 0.717) is 22.8 Å². The molecule has 0 saturated carbocycles. The molecule has 6 heteroatoms. The second-order valence-electron chi connectivity index (χ2n) is 9.01. The predicted octanol–water partition coefficient (Wildman–Crippen LogP) is 3.54. The second-order valence-corrected chi connectivity index (χ2v) is 9.01. The Morgan fingerprint density at radius 1 is 1.09 bits per heavy atom. The molecule has 0 bridgehead atoms. The minimum atomic E-state index is -0.710. The maximum absolute atomic E-state index is 15.1. The Morgan fingerprint density at radius 3 is 2.67 bits per heavy atom. The van der Waals surface area contributed by atoms with Crippen LogP contribution in [-0.4, -0.2) is 52.9 Å². The van der Waals surface area contributed by atoms with Gasteiger partial charge in [0.1, 0.15) is 11.9 Å². The summed E-state index contributed by atoms with van der Waals surface area (Å²) in [7, 11) is 0. The van der Waals surface area contributed by atoms with Crippen molar-refractivity contribution in [2.24, 2.45) is 0 Å². The molecule has 5 rings (SSSR count). The third kappa shape index (κ3) is 4.39. The van der Waals surface area contributed by atoms with Gasteiger partial charge in [0.2, 0.25) is 0 Å². The van der Waals surface area contributed by atoms with Crippen LogP contribution in [0, 0.1) is 17.7 Å². The molecule has 33 heavy (non-hydrogen) atoms. The van der Waals surface area contributed by atoms with Gasteiger partial charge in [0.15, 0.2) is 0 Å². The van der Waals surface area contributed by atoms with Crippen LogP contribution in [-0.2, 0) is 0 Å². The molecule has 1 unspecified atom stereocenters. The highest BCUT2D eigenvalue weighted by atomic mass is 19.1. The lowest BCUT2D eigenvalue weighted by atomic mass is 10.1. The number of rotatable bonds is 3. The molecule has 2 aliphatic rings. The Kier molecular flexibility index (Phi) is 5.92. The highest BCUT2D eigenvalue weighted by molar-refractivity contribution is 5.83. The minimum absolute atomic E-state index is 0.204. The normalized spacial score (nSPS) is 19.6. The summed E-state index contributed by atoms with van der Waals surface area (Å²) in [6.07, 6.45) is 4.55. The smallest absolute Gasteiger partial charge is 0.262 e. The van der Waals surface area contributed by atoms with Gasteiger partial charge in [-0.25, -0.2) is 4.39 Å². The van der Waals surface area contributed by atoms with Gasteiger partial charge in [-0.05, 0) is 81.1 Å². The number of aromatic nitrogens is 1. The van der Waals surface area contributed by atoms with E-state index in [1.807, 2.05) is 18.2 Å². The molecule has 170 valence electrons. The highest BCUT2D eigenvalue weighted by Gasteiger charge is 2.30. The lowest BCUT2D eigenvalue weighted by Gasteiger charge is -2.25. The number of halogens is 1. The fourth-order valence-corrected chi connectivity index (χ4v) is 4.98. The van der Waals surface area contributed by atoms with Crippen molar-refractivity contribution in [1.29, 1.82) is 0 Å². The molecule has 2 aliphatic heterocycles. The van der Waals surface area contributed by atoms with E-state index in [2.05, 4.69) is 21.6 Å². The van der Waals surface area contributed by atoms with Crippen LogP contribution in [0.3, 0.4) is 0 Å². The first-order valence-corrected chi connectivity index (χ1v) is 11.6. The van der Waals surface area contributed by atoms with Gasteiger partial charge in [-0.2, -0.15) is 0 Å². The van der Waals surface area contributed by atoms with E-state index in [9.17, 15) is 9.90 Å². The molecular formula is C27H28FN3O2. The zero-order valence-electron chi connectivity index (χ0n) is 18.8. The molecule has 2 fully saturated rings. The fourth-order valence-electron chi connectivity index (χ4n) is 4.98. The average Bonchev–Trinajstić information content (AvgIpc) is 3.50. The predicted molar refractivity (Wildman–Crippen MR) is 129 cm³/mol. The van der Waals surface area contributed by atoms with Crippen molar-refractivity contribution < 1.29 is 9.50 Å². The number of anilines is 1. The van der Waals surface area contributed by atoms with E-state index in [1.165, 1.54) is 23.5 Å². The number of benzene rings is 2. The third-order valence-corrected chi connectivity index (χ3v) is 6.70. The summed E-state index contributed by atoms with van der Waals surface area (Å²) in [6.45, 7) is 5.62. The average molecular weight is 446 g/mol. The van der Waals surface area contributed by atoms with Crippen LogP contribution in [0.15, 0.2) is 53.5 Å². The molecule has 0 amide bonds. The summed E-state index contributed by atoms with van der Waals surface area (Å²) in [5.41, 5.74) is 1.64. The van der Waals surface area contributed by atoms with E-state index in [-0.39, 0.29) is 11.4 Å². The maximum Gasteiger partial charge on any atom is 0.262 e. The van der Waals surface area contributed by atoms with Gasteiger partial charge in [-0.1, -0.05) is 11.8 Å². The number of aliphatic hydroxyl groups excluding tert-OH is 1. The van der Waals surface area contributed by atoms with Crippen LogP contribution in [0.1, 0.15) is 31.7 Å². The molecule has 3 heterocycles. The molecule has 2 atom stereocenters. The fraction of sp³-hybridized carbons (Fsp3) is 0.370. The molecule has 0 aliphatic carbocycles. The van der Waals surface area contributed by atoms with Crippen molar-refractivity contribution in [1.82, 2.24) is 9.47 Å². The quantitative estimate of drug-likeness (QED) is 0.627. The molecule has 1 N–H and O–H groups in total. The van der Waals surface area contributed by atoms with Crippen LogP contribution < -0.4 is 10.5 Å². The monoisotopic (exact) mass is 445 g/mol. The molecule has 1 aromatic heterocycles. The lowest BCUT2D eigenvalue weighted by Crippen LogP contribution is -2.35. The summed E-state index contributed by atoms with van der Waals surface area (Å²) in [5, 5.41) is 10.6. The summed E-state index contributed by atoms with van der Waals surface area (Å²) < 4.78 is 16.6. The first kappa shape index (κ1) is 21.7. The number of hydrogen-bond donors (Lipinski definition) is 1. The van der Waals surface area contributed by atoms with Gasteiger partial charge in [-0.3, -0.25) is 14.3 Å². The molecule has 0 spiro atoms. The number of fused-ring (bicyclic) bond motifs is 1. The summed E-state index contributed by atoms with van der Waals surface area (Å²) in [4.78, 5) is 17.8. The molecule has 2 saturated heterocycles. The van der Waals surface area contributed by atoms with Gasteiger partial charge in [-0.15, -0.1) is 0 Å². The zero-order chi connectivity index (χ0) is 22.9. The summed E-state index contributed by atoms with van der Waals surface area (Å²) >= 11 is 0. The number of pyridine rings is 1. The minimum Gasteiger partial charge on any atom is -0.381 e. The Hall–Kier alpha value is -3.14. The first-order valence-electron chi connectivity index (χ1n) is 11.6. The van der Waals surface area contributed by atoms with Crippen molar-refractivity contribution in [2.75, 3.05) is 31.1 Å². The van der Waals surface area contributed by atoms with Gasteiger partial charge in [0.25, 0.3) is 5.56 Å². The van der Waals surface area contributed by atoms with E-state index in [0.717, 1.165) is 43.5 Å². The van der Waals surface area contributed by atoms with Gasteiger partial charge < -0.3 is 10.0 Å². The van der Waals surface area contributed by atoms with Crippen LogP contribution in [0.4, 0.5) is 10.1 Å². The second kappa shape index (κ2) is 9.01. The van der Waals surface area contributed by atoms with Gasteiger partial charge in [0, 0.05) is 42.3 Å². The van der Waals surface area contributed by atoms with E-state index < -0.39 is 6.10 Å². The number of aliphatic hydroxyl groups is 1. The SMILES string of the molecule is CC(O)C#Cc1ccc2c(=O)n(-c3ccc(N4CC[C@@H](N5CCCC5)C4)c(F)c3)ccc2c1. The highest BCUT2D eigenvalue weighted by Crippen LogP contribution is 2.28. The van der Waals surface area contributed by atoms with Gasteiger partial charge >= 0.3 is 0 Å². The first-order chi connectivity index (χ1) is 16.0. The molecule has 0 radical (unpaired) electrons. The third-order valence-electron chi connectivity index (χ3n) is 6.70. The van der Waals surface area contributed by atoms with Crippen LogP contribution in [0.25, 0.3) is 16.5 Å². The van der Waals surface area contributed by atoms with Crippen LogP contribution in [0.5, 0.6) is 0 Å². The number of hydrogen-bond acceptors (Lipinski definition) is 4. The Balaban J connectivity index is 1.40. The molecular weight excluding hydrogens is 417 g/mol. The van der Waals surface area contributed by atoms with E-state index in [4.69, 9.17) is 0 Å². The van der Waals surface area contributed by atoms with Crippen molar-refractivity contribution in [3.8, 4) is 17.5 Å². The Labute approximate surface area is 193 Å². The van der Waals surface area contributed by atoms with E-state index >= 15 is 4.39 Å². The van der Waals surface area contributed by atoms with E-state index in [1.54, 1.807) is 31.3 Å². The number of likely N-dealkylation sites (tertiary alicyclic amines) is 1. The summed E-state index contributed by atoms with van der Waals surface area (Å²) in [6, 6.07) is 12.7. The summed E-state index contributed by atoms with van der Waals surface area (Å²) in [5.74, 6) is 5.30. The lowest BCUT2D eigenvalue weighted by molar-refractivity contribution is 0.253. The largest absolute Gasteiger partial charge is 0.381 e. The standard InChI is InChI=1S/C27H28FN3O2/c1-19(32)4-5-20-6-8-24-21(16-20)10-15-31(27(24)33)22-7-9-26(25(28)17-22)30-14-11-23(18-30)29-12-2-3-13-29/h6-10,15-17,19,23,32H,2-3,11-14,18H2,1H3/t19?,23-/m1/s1. The van der Waals surface area contributed by atoms with Crippen LogP contribution >= 0.6 is 0 Å². The molecule has 5 nitrogen and oxygen atoms in total. The maximum atomic E-state index is 15.1. The van der Waals surface area contributed by atoms with Crippen molar-refractivity contribution in [2.45, 2.75) is 38.3 Å².